The number of carbonyl (C=O) groups excluding carboxylic acids is 1. The highest BCUT2D eigenvalue weighted by atomic mass is 16.5. The highest BCUT2D eigenvalue weighted by Crippen LogP contribution is 2.42. The molecule has 0 saturated carbocycles. The fraction of sp³-hybridized carbons (Fsp3) is 0.450. The summed E-state index contributed by atoms with van der Waals surface area (Å²) < 4.78 is 11.9. The first kappa shape index (κ1) is 17.1. The van der Waals surface area contributed by atoms with Crippen molar-refractivity contribution < 1.29 is 14.3 Å². The van der Waals surface area contributed by atoms with E-state index in [0.717, 1.165) is 25.0 Å². The van der Waals surface area contributed by atoms with Crippen molar-refractivity contribution >= 4 is 5.91 Å². The predicted octanol–water partition coefficient (Wildman–Crippen LogP) is 2.31. The number of aromatic nitrogens is 2. The number of ether oxygens (including phenoxy) is 2. The second-order valence-corrected chi connectivity index (χ2v) is 7.00. The first-order valence-corrected chi connectivity index (χ1v) is 9.07. The molecule has 2 saturated heterocycles. The molecule has 0 N–H and O–H groups in total. The average molecular weight is 353 g/mol. The van der Waals surface area contributed by atoms with Gasteiger partial charge in [0.2, 0.25) is 0 Å². The van der Waals surface area contributed by atoms with Crippen molar-refractivity contribution in [3.8, 4) is 0 Å². The molecule has 0 aliphatic carbocycles. The van der Waals surface area contributed by atoms with Crippen molar-refractivity contribution in [3.05, 3.63) is 60.2 Å². The van der Waals surface area contributed by atoms with Crippen LogP contribution in [0.25, 0.3) is 0 Å². The first-order chi connectivity index (χ1) is 12.8. The van der Waals surface area contributed by atoms with Crippen LogP contribution >= 0.6 is 0 Å². The zero-order chi connectivity index (χ0) is 17.8. The molecule has 0 radical (unpaired) electrons. The molecule has 2 fully saturated rings. The van der Waals surface area contributed by atoms with Crippen LogP contribution < -0.4 is 0 Å². The Hall–Kier alpha value is -2.31. The van der Waals surface area contributed by atoms with Crippen LogP contribution in [0.2, 0.25) is 0 Å². The van der Waals surface area contributed by atoms with Gasteiger partial charge in [-0.25, -0.2) is 0 Å². The molecule has 1 spiro atoms. The third-order valence-corrected chi connectivity index (χ3v) is 5.34. The van der Waals surface area contributed by atoms with E-state index in [2.05, 4.69) is 9.97 Å². The maximum atomic E-state index is 12.5. The van der Waals surface area contributed by atoms with Crippen molar-refractivity contribution in [3.63, 3.8) is 0 Å². The van der Waals surface area contributed by atoms with Gasteiger partial charge in [0.1, 0.15) is 5.60 Å². The van der Waals surface area contributed by atoms with Crippen LogP contribution in [0.5, 0.6) is 0 Å². The molecule has 0 bridgehead atoms. The molecule has 136 valence electrons. The van der Waals surface area contributed by atoms with E-state index in [-0.39, 0.29) is 11.5 Å². The summed E-state index contributed by atoms with van der Waals surface area (Å²) in [6.07, 6.45) is 8.85. The molecular weight excluding hydrogens is 330 g/mol. The number of hydrogen-bond acceptors (Lipinski definition) is 5. The van der Waals surface area contributed by atoms with Gasteiger partial charge in [0.05, 0.1) is 25.3 Å². The van der Waals surface area contributed by atoms with E-state index in [1.807, 2.05) is 17.0 Å². The molecule has 1 atom stereocenters. The smallest absolute Gasteiger partial charge is 0.255 e. The van der Waals surface area contributed by atoms with Crippen LogP contribution in [0.4, 0.5) is 0 Å². The lowest BCUT2D eigenvalue weighted by Gasteiger charge is -2.50. The van der Waals surface area contributed by atoms with Crippen molar-refractivity contribution in [2.45, 2.75) is 25.0 Å². The summed E-state index contributed by atoms with van der Waals surface area (Å²) in [5.41, 5.74) is 1.59. The number of hydrogen-bond donors (Lipinski definition) is 0. The summed E-state index contributed by atoms with van der Waals surface area (Å²) in [7, 11) is 0. The third kappa shape index (κ3) is 3.48. The normalized spacial score (nSPS) is 20.9. The van der Waals surface area contributed by atoms with Crippen molar-refractivity contribution in [2.24, 2.45) is 5.92 Å². The lowest BCUT2D eigenvalue weighted by molar-refractivity contribution is -0.120. The fourth-order valence-electron chi connectivity index (χ4n) is 3.85. The summed E-state index contributed by atoms with van der Waals surface area (Å²) in [4.78, 5) is 22.4. The third-order valence-electron chi connectivity index (χ3n) is 5.34. The minimum absolute atomic E-state index is 0.0342. The van der Waals surface area contributed by atoms with Crippen LogP contribution in [0, 0.1) is 5.92 Å². The van der Waals surface area contributed by atoms with Gasteiger partial charge in [-0.15, -0.1) is 0 Å². The summed E-state index contributed by atoms with van der Waals surface area (Å²) >= 11 is 0. The summed E-state index contributed by atoms with van der Waals surface area (Å²) in [6, 6.07) is 7.53. The predicted molar refractivity (Wildman–Crippen MR) is 95.4 cm³/mol. The molecule has 6 heteroatoms. The zero-order valence-electron chi connectivity index (χ0n) is 14.7. The maximum Gasteiger partial charge on any atom is 0.255 e. The van der Waals surface area contributed by atoms with Crippen LogP contribution in [0.1, 0.15) is 28.8 Å². The van der Waals surface area contributed by atoms with Gasteiger partial charge in [0.15, 0.2) is 0 Å². The van der Waals surface area contributed by atoms with Gasteiger partial charge in [0.25, 0.3) is 5.91 Å². The highest BCUT2D eigenvalue weighted by Gasteiger charge is 2.54. The summed E-state index contributed by atoms with van der Waals surface area (Å²) in [5, 5.41) is 0. The van der Waals surface area contributed by atoms with Crippen LogP contribution in [0.15, 0.2) is 49.1 Å². The second-order valence-electron chi connectivity index (χ2n) is 7.00. The van der Waals surface area contributed by atoms with E-state index in [9.17, 15) is 4.79 Å². The topological polar surface area (TPSA) is 64.6 Å². The molecule has 2 aliphatic rings. The number of likely N-dealkylation sites (tertiary alicyclic amines) is 1. The molecule has 0 aromatic carbocycles. The van der Waals surface area contributed by atoms with E-state index in [0.29, 0.717) is 37.8 Å². The van der Waals surface area contributed by atoms with Crippen LogP contribution in [-0.2, 0) is 16.1 Å². The number of nitrogens with zero attached hydrogens (tertiary/aromatic N) is 3. The largest absolute Gasteiger partial charge is 0.377 e. The van der Waals surface area contributed by atoms with Gasteiger partial charge >= 0.3 is 0 Å². The van der Waals surface area contributed by atoms with Crippen LogP contribution in [0.3, 0.4) is 0 Å². The molecule has 2 aromatic rings. The Balaban J connectivity index is 1.26. The van der Waals surface area contributed by atoms with Gasteiger partial charge in [-0.1, -0.05) is 0 Å². The maximum absolute atomic E-state index is 12.5. The number of rotatable bonds is 6. The molecule has 2 aliphatic heterocycles. The minimum Gasteiger partial charge on any atom is -0.377 e. The van der Waals surface area contributed by atoms with Crippen molar-refractivity contribution in [1.82, 2.24) is 14.9 Å². The Labute approximate surface area is 153 Å². The van der Waals surface area contributed by atoms with E-state index in [4.69, 9.17) is 9.47 Å². The number of amides is 1. The zero-order valence-corrected chi connectivity index (χ0v) is 14.7. The van der Waals surface area contributed by atoms with E-state index in [1.165, 1.54) is 0 Å². The van der Waals surface area contributed by atoms with Gasteiger partial charge in [-0.3, -0.25) is 14.8 Å². The molecule has 0 unspecified atom stereocenters. The molecule has 2 aromatic heterocycles. The number of pyridine rings is 2. The monoisotopic (exact) mass is 353 g/mol. The molecule has 4 heterocycles. The molecule has 6 nitrogen and oxygen atoms in total. The second kappa shape index (κ2) is 7.51. The summed E-state index contributed by atoms with van der Waals surface area (Å²) in [6.45, 7) is 3.40. The van der Waals surface area contributed by atoms with Crippen molar-refractivity contribution in [1.29, 1.82) is 0 Å². The molecular formula is C20H23N3O3. The fourth-order valence-corrected chi connectivity index (χ4v) is 3.85. The minimum atomic E-state index is -0.183. The van der Waals surface area contributed by atoms with E-state index < -0.39 is 0 Å². The Morgan fingerprint density at radius 2 is 2.08 bits per heavy atom. The first-order valence-electron chi connectivity index (χ1n) is 9.07. The van der Waals surface area contributed by atoms with Gasteiger partial charge in [-0.05, 0) is 48.6 Å². The number of carbonyl (C=O) groups is 1. The highest BCUT2D eigenvalue weighted by molar-refractivity contribution is 5.94. The Kier molecular flexibility index (Phi) is 4.95. The quantitative estimate of drug-likeness (QED) is 0.746. The molecule has 4 rings (SSSR count). The molecule has 26 heavy (non-hydrogen) atoms. The Bertz CT molecular complexity index is 732. The SMILES string of the molecule is O=C(c1cccnc1)N1CC2(C1)OCC[C@H]2CCOCc1ccncc1. The Morgan fingerprint density at radius 3 is 2.85 bits per heavy atom. The van der Waals surface area contributed by atoms with E-state index in [1.54, 1.807) is 36.9 Å². The average Bonchev–Trinajstić information content (AvgIpc) is 3.09. The van der Waals surface area contributed by atoms with Gasteiger partial charge in [-0.2, -0.15) is 0 Å². The van der Waals surface area contributed by atoms with Gasteiger partial charge in [0, 0.05) is 38.0 Å². The van der Waals surface area contributed by atoms with Crippen molar-refractivity contribution in [2.75, 3.05) is 26.3 Å². The van der Waals surface area contributed by atoms with Crippen LogP contribution in [-0.4, -0.2) is 52.7 Å². The standard InChI is InChI=1S/C20H23N3O3/c24-19(17-2-1-7-22-12-17)23-14-20(15-23)18(6-11-26-20)5-10-25-13-16-3-8-21-9-4-16/h1-4,7-9,12,18H,5-6,10-11,13-15H2/t18-/m1/s1. The molecule has 1 amide bonds. The summed E-state index contributed by atoms with van der Waals surface area (Å²) in [5.74, 6) is 0.477. The lowest BCUT2D eigenvalue weighted by Crippen LogP contribution is -2.66. The van der Waals surface area contributed by atoms with E-state index >= 15 is 0 Å². The Morgan fingerprint density at radius 1 is 1.23 bits per heavy atom. The lowest BCUT2D eigenvalue weighted by atomic mass is 9.79. The van der Waals surface area contributed by atoms with Gasteiger partial charge < -0.3 is 14.4 Å².